The number of hydrogen-bond donors (Lipinski definition) is 1. The summed E-state index contributed by atoms with van der Waals surface area (Å²) in [7, 11) is 0. The molecule has 3 heteroatoms. The molecule has 0 radical (unpaired) electrons. The molecular formula is C12H20N2O. The fraction of sp³-hybridized carbons (Fsp3) is 0.583. The Balaban J connectivity index is 2.41. The molecule has 3 nitrogen and oxygen atoms in total. The van der Waals surface area contributed by atoms with E-state index in [0.717, 1.165) is 31.1 Å². The topological polar surface area (TPSA) is 34.1 Å². The largest absolute Gasteiger partial charge is 0.492 e. The first-order chi connectivity index (χ1) is 7.22. The zero-order chi connectivity index (χ0) is 11.1. The Hall–Kier alpha value is -1.09. The molecule has 15 heavy (non-hydrogen) atoms. The van der Waals surface area contributed by atoms with Gasteiger partial charge in [-0.05, 0) is 24.6 Å². The molecule has 0 aromatic carbocycles. The molecule has 0 amide bonds. The number of nitrogens with one attached hydrogen (secondary N) is 1. The standard InChI is InChI=1S/C12H20N2O/c1-4-13-7-11-5-6-12(8-14-11)15-9-10(2)3/h5-6,8,10,13H,4,7,9H2,1-3H3. The smallest absolute Gasteiger partial charge is 0.137 e. The van der Waals surface area contributed by atoms with E-state index < -0.39 is 0 Å². The Bertz CT molecular complexity index is 269. The van der Waals surface area contributed by atoms with Gasteiger partial charge in [0.2, 0.25) is 0 Å². The van der Waals surface area contributed by atoms with Crippen LogP contribution in [-0.2, 0) is 6.54 Å². The summed E-state index contributed by atoms with van der Waals surface area (Å²) in [6, 6.07) is 3.97. The minimum atomic E-state index is 0.548. The molecule has 0 aliphatic rings. The summed E-state index contributed by atoms with van der Waals surface area (Å²) in [5.74, 6) is 1.40. The van der Waals surface area contributed by atoms with Gasteiger partial charge in [0.25, 0.3) is 0 Å². The predicted octanol–water partition coefficient (Wildman–Crippen LogP) is 2.23. The molecule has 1 aromatic rings. The van der Waals surface area contributed by atoms with E-state index in [1.807, 2.05) is 12.1 Å². The minimum Gasteiger partial charge on any atom is -0.492 e. The van der Waals surface area contributed by atoms with Crippen LogP contribution in [0, 0.1) is 5.92 Å². The molecule has 0 bridgehead atoms. The van der Waals surface area contributed by atoms with Gasteiger partial charge in [-0.25, -0.2) is 0 Å². The van der Waals surface area contributed by atoms with Crippen molar-refractivity contribution in [2.75, 3.05) is 13.2 Å². The summed E-state index contributed by atoms with van der Waals surface area (Å²) in [4.78, 5) is 4.31. The Kier molecular flexibility index (Phi) is 5.12. The molecule has 84 valence electrons. The minimum absolute atomic E-state index is 0.548. The van der Waals surface area contributed by atoms with Crippen LogP contribution in [-0.4, -0.2) is 18.1 Å². The number of rotatable bonds is 6. The summed E-state index contributed by atoms with van der Waals surface area (Å²) in [5.41, 5.74) is 1.05. The molecule has 0 saturated carbocycles. The van der Waals surface area contributed by atoms with Crippen LogP contribution in [0.2, 0.25) is 0 Å². The van der Waals surface area contributed by atoms with Crippen LogP contribution in [0.15, 0.2) is 18.3 Å². The van der Waals surface area contributed by atoms with Crippen molar-refractivity contribution in [3.05, 3.63) is 24.0 Å². The van der Waals surface area contributed by atoms with E-state index in [2.05, 4.69) is 31.1 Å². The summed E-state index contributed by atoms with van der Waals surface area (Å²) < 4.78 is 5.54. The quantitative estimate of drug-likeness (QED) is 0.778. The molecule has 1 N–H and O–H groups in total. The van der Waals surface area contributed by atoms with Gasteiger partial charge < -0.3 is 10.1 Å². The van der Waals surface area contributed by atoms with Crippen molar-refractivity contribution in [3.63, 3.8) is 0 Å². The first-order valence-electron chi connectivity index (χ1n) is 5.50. The fourth-order valence-electron chi connectivity index (χ4n) is 1.12. The van der Waals surface area contributed by atoms with Crippen LogP contribution < -0.4 is 10.1 Å². The number of hydrogen-bond acceptors (Lipinski definition) is 3. The monoisotopic (exact) mass is 208 g/mol. The molecule has 0 atom stereocenters. The van der Waals surface area contributed by atoms with Crippen LogP contribution in [0.3, 0.4) is 0 Å². The summed E-state index contributed by atoms with van der Waals surface area (Å²) in [6.07, 6.45) is 1.79. The van der Waals surface area contributed by atoms with E-state index in [1.54, 1.807) is 6.20 Å². The third-order valence-corrected chi connectivity index (χ3v) is 1.94. The summed E-state index contributed by atoms with van der Waals surface area (Å²) >= 11 is 0. The van der Waals surface area contributed by atoms with Gasteiger partial charge in [0.1, 0.15) is 5.75 Å². The Labute approximate surface area is 91.9 Å². The third-order valence-electron chi connectivity index (χ3n) is 1.94. The first kappa shape index (κ1) is 12.0. The Morgan fingerprint density at radius 3 is 2.73 bits per heavy atom. The summed E-state index contributed by atoms with van der Waals surface area (Å²) in [6.45, 7) is 8.88. The highest BCUT2D eigenvalue weighted by molar-refractivity contribution is 5.19. The van der Waals surface area contributed by atoms with Crippen molar-refractivity contribution in [2.45, 2.75) is 27.3 Å². The van der Waals surface area contributed by atoms with Gasteiger partial charge in [0.05, 0.1) is 18.5 Å². The average Bonchev–Trinajstić information content (AvgIpc) is 2.25. The number of aromatic nitrogens is 1. The lowest BCUT2D eigenvalue weighted by atomic mass is 10.2. The average molecular weight is 208 g/mol. The molecule has 0 fully saturated rings. The van der Waals surface area contributed by atoms with Crippen LogP contribution in [0.1, 0.15) is 26.5 Å². The lowest BCUT2D eigenvalue weighted by Gasteiger charge is -2.08. The maximum Gasteiger partial charge on any atom is 0.137 e. The normalized spacial score (nSPS) is 10.7. The SMILES string of the molecule is CCNCc1ccc(OCC(C)C)cn1. The van der Waals surface area contributed by atoms with Gasteiger partial charge in [-0.3, -0.25) is 4.98 Å². The molecule has 1 rings (SSSR count). The maximum atomic E-state index is 5.54. The van der Waals surface area contributed by atoms with Crippen molar-refractivity contribution < 1.29 is 4.74 Å². The van der Waals surface area contributed by atoms with Gasteiger partial charge in [0, 0.05) is 6.54 Å². The molecule has 0 saturated heterocycles. The van der Waals surface area contributed by atoms with Gasteiger partial charge in [-0.2, -0.15) is 0 Å². The van der Waals surface area contributed by atoms with Crippen molar-refractivity contribution >= 4 is 0 Å². The van der Waals surface area contributed by atoms with Gasteiger partial charge in [-0.1, -0.05) is 20.8 Å². The molecular weight excluding hydrogens is 188 g/mol. The molecule has 1 aromatic heterocycles. The van der Waals surface area contributed by atoms with Crippen LogP contribution >= 0.6 is 0 Å². The summed E-state index contributed by atoms with van der Waals surface area (Å²) in [5, 5.41) is 3.23. The molecule has 0 aliphatic heterocycles. The van der Waals surface area contributed by atoms with Crippen molar-refractivity contribution in [3.8, 4) is 5.75 Å². The van der Waals surface area contributed by atoms with E-state index in [1.165, 1.54) is 0 Å². The predicted molar refractivity (Wildman–Crippen MR) is 62.0 cm³/mol. The highest BCUT2D eigenvalue weighted by Crippen LogP contribution is 2.10. The van der Waals surface area contributed by atoms with E-state index in [9.17, 15) is 0 Å². The van der Waals surface area contributed by atoms with E-state index in [-0.39, 0.29) is 0 Å². The number of pyridine rings is 1. The van der Waals surface area contributed by atoms with Gasteiger partial charge in [-0.15, -0.1) is 0 Å². The van der Waals surface area contributed by atoms with E-state index in [4.69, 9.17) is 4.74 Å². The second kappa shape index (κ2) is 6.40. The second-order valence-electron chi connectivity index (χ2n) is 3.97. The van der Waals surface area contributed by atoms with Gasteiger partial charge >= 0.3 is 0 Å². The lowest BCUT2D eigenvalue weighted by molar-refractivity contribution is 0.270. The van der Waals surface area contributed by atoms with Crippen LogP contribution in [0.4, 0.5) is 0 Å². The Morgan fingerprint density at radius 2 is 2.20 bits per heavy atom. The van der Waals surface area contributed by atoms with Gasteiger partial charge in [0.15, 0.2) is 0 Å². The highest BCUT2D eigenvalue weighted by atomic mass is 16.5. The van der Waals surface area contributed by atoms with Crippen LogP contribution in [0.5, 0.6) is 5.75 Å². The second-order valence-corrected chi connectivity index (χ2v) is 3.97. The maximum absolute atomic E-state index is 5.54. The molecule has 0 aliphatic carbocycles. The fourth-order valence-corrected chi connectivity index (χ4v) is 1.12. The zero-order valence-corrected chi connectivity index (χ0v) is 9.79. The van der Waals surface area contributed by atoms with Crippen LogP contribution in [0.25, 0.3) is 0 Å². The van der Waals surface area contributed by atoms with Crippen molar-refractivity contribution in [1.29, 1.82) is 0 Å². The third kappa shape index (κ3) is 4.79. The van der Waals surface area contributed by atoms with Crippen molar-refractivity contribution in [2.24, 2.45) is 5.92 Å². The van der Waals surface area contributed by atoms with Crippen molar-refractivity contribution in [1.82, 2.24) is 10.3 Å². The zero-order valence-electron chi connectivity index (χ0n) is 9.79. The highest BCUT2D eigenvalue weighted by Gasteiger charge is 1.98. The Morgan fingerprint density at radius 1 is 1.40 bits per heavy atom. The molecule has 0 spiro atoms. The molecule has 0 unspecified atom stereocenters. The van der Waals surface area contributed by atoms with E-state index >= 15 is 0 Å². The number of ether oxygens (including phenoxy) is 1. The molecule has 1 heterocycles. The first-order valence-corrected chi connectivity index (χ1v) is 5.50. The lowest BCUT2D eigenvalue weighted by Crippen LogP contribution is -2.12. The number of nitrogens with zero attached hydrogens (tertiary/aromatic N) is 1. The van der Waals surface area contributed by atoms with E-state index in [0.29, 0.717) is 5.92 Å².